The van der Waals surface area contributed by atoms with Gasteiger partial charge in [0.05, 0.1) is 18.1 Å². The second kappa shape index (κ2) is 9.45. The molecular weight excluding hydrogens is 396 g/mol. The van der Waals surface area contributed by atoms with Crippen LogP contribution in [0.2, 0.25) is 0 Å². The summed E-state index contributed by atoms with van der Waals surface area (Å²) in [4.78, 5) is 12.6. The van der Waals surface area contributed by atoms with Gasteiger partial charge in [-0.1, -0.05) is 72.4 Å². The third kappa shape index (κ3) is 4.80. The summed E-state index contributed by atoms with van der Waals surface area (Å²) in [6.45, 7) is 2.96. The Hall–Kier alpha value is -3.32. The minimum absolute atomic E-state index is 0.0438. The summed E-state index contributed by atoms with van der Waals surface area (Å²) < 4.78 is 7.53. The molecule has 1 amide bonds. The number of furan rings is 1. The number of hydrogen-bond donors (Lipinski definition) is 1. The smallest absolute Gasteiger partial charge is 0.233 e. The monoisotopic (exact) mass is 418 g/mol. The van der Waals surface area contributed by atoms with Crippen molar-refractivity contribution in [2.45, 2.75) is 30.4 Å². The van der Waals surface area contributed by atoms with Gasteiger partial charge >= 0.3 is 0 Å². The van der Waals surface area contributed by atoms with E-state index in [4.69, 9.17) is 4.42 Å². The standard InChI is InChI=1S/C23H22N4O2S/c1-17(22(28)24-15-18-9-4-2-5-10-18)30-23-26-25-21(20-13-8-14-29-20)27(23)16-19-11-6-3-7-12-19/h2-14,17H,15-16H2,1H3,(H,24,28)/t17-/m0/s1. The van der Waals surface area contributed by atoms with Crippen molar-refractivity contribution in [3.05, 3.63) is 90.2 Å². The molecule has 0 aliphatic rings. The highest BCUT2D eigenvalue weighted by molar-refractivity contribution is 8.00. The molecule has 1 atom stereocenters. The van der Waals surface area contributed by atoms with Crippen LogP contribution in [0.3, 0.4) is 0 Å². The van der Waals surface area contributed by atoms with E-state index in [1.54, 1.807) is 6.26 Å². The summed E-state index contributed by atoms with van der Waals surface area (Å²) in [7, 11) is 0. The van der Waals surface area contributed by atoms with Crippen molar-refractivity contribution < 1.29 is 9.21 Å². The molecule has 0 aliphatic heterocycles. The summed E-state index contributed by atoms with van der Waals surface area (Å²) >= 11 is 1.39. The van der Waals surface area contributed by atoms with E-state index >= 15 is 0 Å². The van der Waals surface area contributed by atoms with Crippen molar-refractivity contribution in [1.29, 1.82) is 0 Å². The Morgan fingerprint density at radius 1 is 1.00 bits per heavy atom. The number of nitrogens with one attached hydrogen (secondary N) is 1. The van der Waals surface area contributed by atoms with Gasteiger partial charge in [0.1, 0.15) is 0 Å². The minimum Gasteiger partial charge on any atom is -0.461 e. The first-order chi connectivity index (χ1) is 14.7. The normalized spacial score (nSPS) is 11.9. The second-order valence-corrected chi connectivity index (χ2v) is 8.13. The Kier molecular flexibility index (Phi) is 6.29. The fourth-order valence-corrected chi connectivity index (χ4v) is 3.89. The van der Waals surface area contributed by atoms with Crippen molar-refractivity contribution in [3.63, 3.8) is 0 Å². The summed E-state index contributed by atoms with van der Waals surface area (Å²) in [5.74, 6) is 1.24. The highest BCUT2D eigenvalue weighted by Gasteiger charge is 2.22. The van der Waals surface area contributed by atoms with E-state index in [2.05, 4.69) is 27.6 Å². The molecule has 30 heavy (non-hydrogen) atoms. The van der Waals surface area contributed by atoms with E-state index in [0.29, 0.717) is 29.8 Å². The van der Waals surface area contributed by atoms with E-state index in [9.17, 15) is 4.79 Å². The van der Waals surface area contributed by atoms with Gasteiger partial charge in [0, 0.05) is 6.54 Å². The summed E-state index contributed by atoms with van der Waals surface area (Å²) in [6.07, 6.45) is 1.61. The maximum absolute atomic E-state index is 12.6. The molecule has 0 unspecified atom stereocenters. The average molecular weight is 419 g/mol. The molecule has 6 nitrogen and oxygen atoms in total. The quantitative estimate of drug-likeness (QED) is 0.430. The molecule has 2 aromatic heterocycles. The van der Waals surface area contributed by atoms with Gasteiger partial charge in [0.2, 0.25) is 11.7 Å². The van der Waals surface area contributed by atoms with Gasteiger partial charge in [-0.2, -0.15) is 0 Å². The lowest BCUT2D eigenvalue weighted by molar-refractivity contribution is -0.120. The predicted octanol–water partition coefficient (Wildman–Crippen LogP) is 4.38. The third-order valence-electron chi connectivity index (χ3n) is 4.60. The molecule has 7 heteroatoms. The highest BCUT2D eigenvalue weighted by Crippen LogP contribution is 2.28. The maximum Gasteiger partial charge on any atom is 0.233 e. The number of carbonyl (C=O) groups excluding carboxylic acids is 1. The van der Waals surface area contributed by atoms with Crippen LogP contribution >= 0.6 is 11.8 Å². The lowest BCUT2D eigenvalue weighted by Crippen LogP contribution is -2.30. The van der Waals surface area contributed by atoms with Crippen LogP contribution in [-0.4, -0.2) is 25.9 Å². The fraction of sp³-hybridized carbons (Fsp3) is 0.174. The Morgan fingerprint density at radius 2 is 1.70 bits per heavy atom. The average Bonchev–Trinajstić information content (AvgIpc) is 3.44. The van der Waals surface area contributed by atoms with Crippen LogP contribution in [0.5, 0.6) is 0 Å². The topological polar surface area (TPSA) is 73.0 Å². The first kappa shape index (κ1) is 20.0. The van der Waals surface area contributed by atoms with Gasteiger partial charge in [-0.3, -0.25) is 9.36 Å². The van der Waals surface area contributed by atoms with Crippen LogP contribution < -0.4 is 5.32 Å². The molecule has 0 spiro atoms. The summed E-state index contributed by atoms with van der Waals surface area (Å²) in [6, 6.07) is 23.6. The molecule has 0 saturated carbocycles. The predicted molar refractivity (Wildman–Crippen MR) is 117 cm³/mol. The molecule has 0 saturated heterocycles. The Bertz CT molecular complexity index is 1080. The molecule has 0 fully saturated rings. The summed E-state index contributed by atoms with van der Waals surface area (Å²) in [5, 5.41) is 12.0. The number of benzene rings is 2. The van der Waals surface area contributed by atoms with Crippen LogP contribution in [0, 0.1) is 0 Å². The lowest BCUT2D eigenvalue weighted by atomic mass is 10.2. The SMILES string of the molecule is C[C@H](Sc1nnc(-c2ccco2)n1Cc1ccccc1)C(=O)NCc1ccccc1. The van der Waals surface area contributed by atoms with E-state index in [-0.39, 0.29) is 11.2 Å². The van der Waals surface area contributed by atoms with Crippen LogP contribution in [0.15, 0.2) is 88.6 Å². The zero-order valence-corrected chi connectivity index (χ0v) is 17.4. The van der Waals surface area contributed by atoms with E-state index in [0.717, 1.165) is 11.1 Å². The van der Waals surface area contributed by atoms with Gasteiger partial charge in [0.25, 0.3) is 0 Å². The molecule has 2 aromatic carbocycles. The van der Waals surface area contributed by atoms with Crippen molar-refractivity contribution in [1.82, 2.24) is 20.1 Å². The zero-order valence-electron chi connectivity index (χ0n) is 16.6. The minimum atomic E-state index is -0.322. The Morgan fingerprint density at radius 3 is 2.37 bits per heavy atom. The van der Waals surface area contributed by atoms with Crippen molar-refractivity contribution >= 4 is 17.7 Å². The molecule has 1 N–H and O–H groups in total. The highest BCUT2D eigenvalue weighted by atomic mass is 32.2. The van der Waals surface area contributed by atoms with Crippen LogP contribution in [0.4, 0.5) is 0 Å². The molecule has 4 rings (SSSR count). The van der Waals surface area contributed by atoms with E-state index in [1.165, 1.54) is 11.8 Å². The lowest BCUT2D eigenvalue weighted by Gasteiger charge is -2.13. The van der Waals surface area contributed by atoms with Crippen molar-refractivity contribution in [2.24, 2.45) is 0 Å². The van der Waals surface area contributed by atoms with Gasteiger partial charge in [-0.05, 0) is 30.2 Å². The first-order valence-electron chi connectivity index (χ1n) is 9.70. The van der Waals surface area contributed by atoms with Gasteiger partial charge in [-0.25, -0.2) is 0 Å². The number of amides is 1. The Balaban J connectivity index is 1.50. The number of aromatic nitrogens is 3. The van der Waals surface area contributed by atoms with Crippen molar-refractivity contribution in [2.75, 3.05) is 0 Å². The van der Waals surface area contributed by atoms with Crippen molar-refractivity contribution in [3.8, 4) is 11.6 Å². The first-order valence-corrected chi connectivity index (χ1v) is 10.6. The van der Waals surface area contributed by atoms with Crippen LogP contribution in [-0.2, 0) is 17.9 Å². The van der Waals surface area contributed by atoms with Crippen LogP contribution in [0.1, 0.15) is 18.1 Å². The molecule has 0 aliphatic carbocycles. The van der Waals surface area contributed by atoms with Gasteiger partial charge in [0.15, 0.2) is 10.9 Å². The third-order valence-corrected chi connectivity index (χ3v) is 5.68. The number of nitrogens with zero attached hydrogens (tertiary/aromatic N) is 3. The molecule has 152 valence electrons. The number of hydrogen-bond acceptors (Lipinski definition) is 5. The molecule has 4 aromatic rings. The van der Waals surface area contributed by atoms with Crippen LogP contribution in [0.25, 0.3) is 11.6 Å². The largest absolute Gasteiger partial charge is 0.461 e. The van der Waals surface area contributed by atoms with Gasteiger partial charge < -0.3 is 9.73 Å². The molecule has 2 heterocycles. The zero-order chi connectivity index (χ0) is 20.8. The van der Waals surface area contributed by atoms with E-state index < -0.39 is 0 Å². The van der Waals surface area contributed by atoms with E-state index in [1.807, 2.05) is 72.2 Å². The molecule has 0 radical (unpaired) electrons. The number of rotatable bonds is 8. The number of carbonyl (C=O) groups is 1. The number of thioether (sulfide) groups is 1. The Labute approximate surface area is 179 Å². The fourth-order valence-electron chi connectivity index (χ4n) is 3.01. The second-order valence-electron chi connectivity index (χ2n) is 6.82. The summed E-state index contributed by atoms with van der Waals surface area (Å²) in [5.41, 5.74) is 2.18. The molecule has 0 bridgehead atoms. The molecular formula is C23H22N4O2S. The maximum atomic E-state index is 12.6. The van der Waals surface area contributed by atoms with Gasteiger partial charge in [-0.15, -0.1) is 10.2 Å².